The molecule has 1 aliphatic rings. The van der Waals surface area contributed by atoms with E-state index in [1.165, 1.54) is 0 Å². The molecule has 0 aromatic carbocycles. The molecular weight excluding hydrogens is 373 g/mol. The molecule has 0 aliphatic carbocycles. The first-order chi connectivity index (χ1) is 13.3. The fourth-order valence-electron chi connectivity index (χ4n) is 2.50. The van der Waals surface area contributed by atoms with Crippen LogP contribution in [0, 0.1) is 0 Å². The first-order valence-electron chi connectivity index (χ1n) is 9.81. The van der Waals surface area contributed by atoms with Crippen LogP contribution in [0.2, 0.25) is 0 Å². The van der Waals surface area contributed by atoms with E-state index in [0.29, 0.717) is 12.6 Å². The number of alkyl carbamates (subject to hydrolysis) is 1. The van der Waals surface area contributed by atoms with E-state index in [4.69, 9.17) is 18.8 Å². The molecule has 0 spiro atoms. The molecule has 1 saturated heterocycles. The zero-order chi connectivity index (χ0) is 21.9. The van der Waals surface area contributed by atoms with Gasteiger partial charge in [0.15, 0.2) is 0 Å². The number of amides is 1. The van der Waals surface area contributed by atoms with Gasteiger partial charge in [0, 0.05) is 24.5 Å². The van der Waals surface area contributed by atoms with E-state index in [0.717, 1.165) is 11.0 Å². The second kappa shape index (κ2) is 8.71. The lowest BCUT2D eigenvalue weighted by Crippen LogP contribution is -2.41. The summed E-state index contributed by atoms with van der Waals surface area (Å²) in [5.41, 5.74) is -0.122. The van der Waals surface area contributed by atoms with Crippen molar-refractivity contribution >= 4 is 19.3 Å². The molecule has 2 heterocycles. The van der Waals surface area contributed by atoms with Gasteiger partial charge in [0.1, 0.15) is 5.60 Å². The Morgan fingerprint density at radius 2 is 1.72 bits per heavy atom. The van der Waals surface area contributed by atoms with Gasteiger partial charge < -0.3 is 24.1 Å². The molecule has 8 nitrogen and oxygen atoms in total. The van der Waals surface area contributed by atoms with Gasteiger partial charge >= 0.3 is 19.2 Å². The summed E-state index contributed by atoms with van der Waals surface area (Å²) in [6.07, 6.45) is 4.63. The third-order valence-electron chi connectivity index (χ3n) is 4.67. The molecule has 1 aromatic heterocycles. The number of rotatable bonds is 6. The number of nitrogens with one attached hydrogen (secondary N) is 1. The van der Waals surface area contributed by atoms with Crippen molar-refractivity contribution in [3.63, 3.8) is 0 Å². The van der Waals surface area contributed by atoms with Crippen molar-refractivity contribution in [1.29, 1.82) is 0 Å². The van der Waals surface area contributed by atoms with E-state index in [9.17, 15) is 4.79 Å². The molecule has 1 amide bonds. The van der Waals surface area contributed by atoms with Crippen molar-refractivity contribution < 1.29 is 23.6 Å². The lowest BCUT2D eigenvalue weighted by Gasteiger charge is -2.32. The lowest BCUT2D eigenvalue weighted by atomic mass is 9.77. The maximum absolute atomic E-state index is 12.1. The summed E-state index contributed by atoms with van der Waals surface area (Å²) in [4.78, 5) is 20.5. The minimum atomic E-state index is -0.624. The smallest absolute Gasteiger partial charge is 0.464 e. The minimum absolute atomic E-state index is 0.193. The van der Waals surface area contributed by atoms with Gasteiger partial charge in [-0.3, -0.25) is 0 Å². The second-order valence-corrected chi connectivity index (χ2v) is 8.89. The monoisotopic (exact) mass is 405 g/mol. The molecular formula is C20H32BN3O5. The van der Waals surface area contributed by atoms with E-state index < -0.39 is 30.0 Å². The molecule has 1 fully saturated rings. The molecule has 0 bridgehead atoms. The summed E-state index contributed by atoms with van der Waals surface area (Å²) < 4.78 is 22.9. The standard InChI is InChI=1S/C20H32BN3O5/c1-9-26-16-22-11-14(12-23-16)10-15(13-24-17(25)27-18(2,3)4)21-28-19(5,6)20(7,8)29-21/h10-12H,9,13H2,1-8H3,(H,24,25). The summed E-state index contributed by atoms with van der Waals surface area (Å²) in [7, 11) is -0.624. The maximum atomic E-state index is 12.1. The van der Waals surface area contributed by atoms with Gasteiger partial charge in [-0.25, -0.2) is 14.8 Å². The summed E-state index contributed by atoms with van der Waals surface area (Å²) in [6.45, 7) is 15.9. The fraction of sp³-hybridized carbons (Fsp3) is 0.650. The molecule has 0 saturated carbocycles. The topological polar surface area (TPSA) is 91.8 Å². The Balaban J connectivity index is 2.22. The zero-order valence-corrected chi connectivity index (χ0v) is 18.7. The molecule has 1 aliphatic heterocycles. The number of ether oxygens (including phenoxy) is 2. The van der Waals surface area contributed by atoms with Gasteiger partial charge in [0.05, 0.1) is 17.8 Å². The Morgan fingerprint density at radius 3 is 2.21 bits per heavy atom. The van der Waals surface area contributed by atoms with E-state index in [2.05, 4.69) is 15.3 Å². The predicted octanol–water partition coefficient (Wildman–Crippen LogP) is 3.41. The van der Waals surface area contributed by atoms with Crippen molar-refractivity contribution in [2.75, 3.05) is 13.2 Å². The molecule has 0 radical (unpaired) electrons. The fourth-order valence-corrected chi connectivity index (χ4v) is 2.50. The van der Waals surface area contributed by atoms with E-state index >= 15 is 0 Å². The van der Waals surface area contributed by atoms with Crippen LogP contribution in [0.15, 0.2) is 17.9 Å². The van der Waals surface area contributed by atoms with Crippen molar-refractivity contribution in [1.82, 2.24) is 15.3 Å². The first kappa shape index (κ1) is 23.2. The molecule has 0 unspecified atom stereocenters. The van der Waals surface area contributed by atoms with Crippen LogP contribution in [0.5, 0.6) is 6.01 Å². The number of aromatic nitrogens is 2. The average Bonchev–Trinajstić information content (AvgIpc) is 2.79. The quantitative estimate of drug-likeness (QED) is 0.725. The highest BCUT2D eigenvalue weighted by Gasteiger charge is 2.52. The lowest BCUT2D eigenvalue weighted by molar-refractivity contribution is 0.00578. The first-order valence-corrected chi connectivity index (χ1v) is 9.81. The second-order valence-electron chi connectivity index (χ2n) is 8.89. The minimum Gasteiger partial charge on any atom is -0.464 e. The van der Waals surface area contributed by atoms with Crippen molar-refractivity contribution in [2.45, 2.75) is 72.2 Å². The van der Waals surface area contributed by atoms with Gasteiger partial charge in [-0.05, 0) is 60.9 Å². The van der Waals surface area contributed by atoms with Crippen LogP contribution in [0.3, 0.4) is 0 Å². The summed E-state index contributed by atoms with van der Waals surface area (Å²) in [5.74, 6) is 0. The Kier molecular flexibility index (Phi) is 6.95. The predicted molar refractivity (Wildman–Crippen MR) is 111 cm³/mol. The molecule has 9 heteroatoms. The molecule has 2 rings (SSSR count). The average molecular weight is 405 g/mol. The largest absolute Gasteiger partial charge is 0.492 e. The van der Waals surface area contributed by atoms with Crippen LogP contribution in [0.25, 0.3) is 6.08 Å². The third kappa shape index (κ3) is 6.43. The Morgan fingerprint density at radius 1 is 1.17 bits per heavy atom. The third-order valence-corrected chi connectivity index (χ3v) is 4.67. The highest BCUT2D eigenvalue weighted by molar-refractivity contribution is 6.56. The van der Waals surface area contributed by atoms with E-state index in [1.807, 2.05) is 61.5 Å². The van der Waals surface area contributed by atoms with Crippen molar-refractivity contribution in [2.24, 2.45) is 0 Å². The molecule has 1 N–H and O–H groups in total. The molecule has 160 valence electrons. The molecule has 1 aromatic rings. The van der Waals surface area contributed by atoms with E-state index in [1.54, 1.807) is 12.4 Å². The van der Waals surface area contributed by atoms with Crippen molar-refractivity contribution in [3.05, 3.63) is 23.4 Å². The van der Waals surface area contributed by atoms with Gasteiger partial charge in [0.2, 0.25) is 0 Å². The number of hydrogen-bond acceptors (Lipinski definition) is 7. The maximum Gasteiger partial charge on any atom is 0.492 e. The molecule has 29 heavy (non-hydrogen) atoms. The Bertz CT molecular complexity index is 725. The van der Waals surface area contributed by atoms with Crippen LogP contribution >= 0.6 is 0 Å². The molecule has 0 atom stereocenters. The number of hydrogen-bond donors (Lipinski definition) is 1. The Labute approximate surface area is 173 Å². The van der Waals surface area contributed by atoms with Gasteiger partial charge in [-0.2, -0.15) is 0 Å². The van der Waals surface area contributed by atoms with E-state index in [-0.39, 0.29) is 6.54 Å². The van der Waals surface area contributed by atoms with Crippen molar-refractivity contribution in [3.8, 4) is 6.01 Å². The highest BCUT2D eigenvalue weighted by atomic mass is 16.7. The van der Waals surface area contributed by atoms with Crippen LogP contribution in [0.1, 0.15) is 61.0 Å². The summed E-state index contributed by atoms with van der Waals surface area (Å²) >= 11 is 0. The number of carbonyl (C=O) groups is 1. The SMILES string of the molecule is CCOc1ncc(C=C(CNC(=O)OC(C)(C)C)B2OC(C)(C)C(C)(C)O2)cn1. The number of carbonyl (C=O) groups excluding carboxylic acids is 1. The number of nitrogens with zero attached hydrogens (tertiary/aromatic N) is 2. The summed E-state index contributed by atoms with van der Waals surface area (Å²) in [5, 5.41) is 2.77. The zero-order valence-electron chi connectivity index (χ0n) is 18.7. The van der Waals surface area contributed by atoms with Crippen LogP contribution in [-0.4, -0.2) is 53.1 Å². The van der Waals surface area contributed by atoms with Gasteiger partial charge in [0.25, 0.3) is 0 Å². The Hall–Kier alpha value is -2.13. The van der Waals surface area contributed by atoms with Crippen LogP contribution in [-0.2, 0) is 14.0 Å². The van der Waals surface area contributed by atoms with Crippen LogP contribution < -0.4 is 10.1 Å². The summed E-state index contributed by atoms with van der Waals surface area (Å²) in [6, 6.07) is 0.314. The highest BCUT2D eigenvalue weighted by Crippen LogP contribution is 2.38. The van der Waals surface area contributed by atoms with Gasteiger partial charge in [-0.1, -0.05) is 6.08 Å². The van der Waals surface area contributed by atoms with Gasteiger partial charge in [-0.15, -0.1) is 0 Å². The normalized spacial score (nSPS) is 18.5. The van der Waals surface area contributed by atoms with Crippen LogP contribution in [0.4, 0.5) is 4.79 Å².